The number of nitrogens with one attached hydrogen (secondary N) is 1. The van der Waals surface area contributed by atoms with E-state index < -0.39 is 29.7 Å². The van der Waals surface area contributed by atoms with E-state index in [1.807, 2.05) is 6.26 Å². The minimum Gasteiger partial charge on any atom is -0.464 e. The Balaban J connectivity index is 0. The quantitative estimate of drug-likeness (QED) is 0.488. The molecule has 0 unspecified atom stereocenters. The van der Waals surface area contributed by atoms with Gasteiger partial charge in [0.2, 0.25) is 5.78 Å². The highest BCUT2D eigenvalue weighted by atomic mass is 35.5. The standard InChI is InChI=1S/C11H20N2O4S.ClH/c1-4-17-11(16)7(2)13-10(15)9(14)8(12)5-6-18-3;/h7-8H,4-6,12H2,1-3H3,(H,13,15);1H/t7-,8-;/m0./s1. The van der Waals surface area contributed by atoms with Crippen molar-refractivity contribution < 1.29 is 19.1 Å². The molecule has 0 rings (SSSR count). The van der Waals surface area contributed by atoms with Crippen molar-refractivity contribution in [2.24, 2.45) is 5.73 Å². The highest BCUT2D eigenvalue weighted by Gasteiger charge is 2.25. The van der Waals surface area contributed by atoms with Gasteiger partial charge in [-0.1, -0.05) is 0 Å². The first-order valence-electron chi connectivity index (χ1n) is 5.69. The molecular formula is C11H21ClN2O4S. The first-order chi connectivity index (χ1) is 8.43. The van der Waals surface area contributed by atoms with E-state index in [2.05, 4.69) is 5.32 Å². The van der Waals surface area contributed by atoms with Gasteiger partial charge in [0.05, 0.1) is 12.6 Å². The van der Waals surface area contributed by atoms with Crippen molar-refractivity contribution in [2.75, 3.05) is 18.6 Å². The van der Waals surface area contributed by atoms with Gasteiger partial charge in [0.1, 0.15) is 6.04 Å². The molecule has 112 valence electrons. The van der Waals surface area contributed by atoms with Crippen LogP contribution in [0.5, 0.6) is 0 Å². The lowest BCUT2D eigenvalue weighted by atomic mass is 10.1. The van der Waals surface area contributed by atoms with E-state index in [0.717, 1.165) is 0 Å². The normalized spacial score (nSPS) is 12.8. The van der Waals surface area contributed by atoms with E-state index in [9.17, 15) is 14.4 Å². The summed E-state index contributed by atoms with van der Waals surface area (Å²) in [6, 6.07) is -1.68. The van der Waals surface area contributed by atoms with Gasteiger partial charge in [0.25, 0.3) is 5.91 Å². The SMILES string of the molecule is CCOC(=O)[C@H](C)NC(=O)C(=O)[C@@H](N)CCSC.Cl. The van der Waals surface area contributed by atoms with Gasteiger partial charge in [0, 0.05) is 0 Å². The molecule has 0 fully saturated rings. The first kappa shape index (κ1) is 20.5. The van der Waals surface area contributed by atoms with Crippen LogP contribution in [0.4, 0.5) is 0 Å². The van der Waals surface area contributed by atoms with Crippen LogP contribution >= 0.6 is 24.2 Å². The van der Waals surface area contributed by atoms with E-state index in [1.54, 1.807) is 18.7 Å². The van der Waals surface area contributed by atoms with Crippen LogP contribution in [0.3, 0.4) is 0 Å². The maximum atomic E-state index is 11.6. The Morgan fingerprint density at radius 2 is 1.95 bits per heavy atom. The van der Waals surface area contributed by atoms with Crippen LogP contribution in [0.1, 0.15) is 20.3 Å². The molecule has 1 amide bonds. The van der Waals surface area contributed by atoms with Gasteiger partial charge in [0.15, 0.2) is 0 Å². The average molecular weight is 313 g/mol. The van der Waals surface area contributed by atoms with Gasteiger partial charge < -0.3 is 15.8 Å². The van der Waals surface area contributed by atoms with Gasteiger partial charge >= 0.3 is 5.97 Å². The third-order valence-electron chi connectivity index (χ3n) is 2.18. The van der Waals surface area contributed by atoms with E-state index in [-0.39, 0.29) is 19.0 Å². The number of halogens is 1. The summed E-state index contributed by atoms with van der Waals surface area (Å²) in [6.07, 6.45) is 2.32. The second kappa shape index (κ2) is 11.1. The molecule has 0 saturated heterocycles. The Hall–Kier alpha value is -0.790. The van der Waals surface area contributed by atoms with Crippen molar-refractivity contribution in [3.05, 3.63) is 0 Å². The molecule has 0 aliphatic heterocycles. The van der Waals surface area contributed by atoms with Gasteiger partial charge in [-0.25, -0.2) is 4.79 Å². The molecule has 0 aromatic rings. The van der Waals surface area contributed by atoms with Crippen LogP contribution in [-0.2, 0) is 19.1 Å². The van der Waals surface area contributed by atoms with Gasteiger partial charge in [-0.05, 0) is 32.3 Å². The lowest BCUT2D eigenvalue weighted by Gasteiger charge is -2.14. The molecule has 0 heterocycles. The second-order valence-corrected chi connectivity index (χ2v) is 4.69. The number of amides is 1. The number of ether oxygens (including phenoxy) is 1. The Morgan fingerprint density at radius 1 is 1.37 bits per heavy atom. The minimum atomic E-state index is -0.853. The number of Topliss-reactive ketones (excluding diaryl/α,β-unsaturated/α-hetero) is 1. The largest absolute Gasteiger partial charge is 0.464 e. The molecule has 0 radical (unpaired) electrons. The molecule has 0 aliphatic carbocycles. The first-order valence-corrected chi connectivity index (χ1v) is 7.09. The highest BCUT2D eigenvalue weighted by Crippen LogP contribution is 2.00. The summed E-state index contributed by atoms with van der Waals surface area (Å²) in [5.74, 6) is -1.42. The zero-order valence-electron chi connectivity index (χ0n) is 11.3. The zero-order chi connectivity index (χ0) is 14.1. The molecule has 6 nitrogen and oxygen atoms in total. The van der Waals surface area contributed by atoms with Crippen LogP contribution in [0.15, 0.2) is 0 Å². The smallest absolute Gasteiger partial charge is 0.328 e. The Labute approximate surface area is 123 Å². The summed E-state index contributed by atoms with van der Waals surface area (Å²) < 4.78 is 4.71. The van der Waals surface area contributed by atoms with Crippen LogP contribution in [-0.4, -0.2) is 48.4 Å². The zero-order valence-corrected chi connectivity index (χ0v) is 12.9. The third kappa shape index (κ3) is 8.07. The van der Waals surface area contributed by atoms with Crippen molar-refractivity contribution in [2.45, 2.75) is 32.4 Å². The molecule has 0 bridgehead atoms. The molecule has 0 spiro atoms. The summed E-state index contributed by atoms with van der Waals surface area (Å²) >= 11 is 1.55. The molecular weight excluding hydrogens is 292 g/mol. The van der Waals surface area contributed by atoms with E-state index in [0.29, 0.717) is 12.2 Å². The Bertz CT molecular complexity index is 315. The summed E-state index contributed by atoms with van der Waals surface area (Å²) in [5.41, 5.74) is 5.57. The average Bonchev–Trinajstić information content (AvgIpc) is 2.34. The van der Waals surface area contributed by atoms with Crippen molar-refractivity contribution in [3.8, 4) is 0 Å². The summed E-state index contributed by atoms with van der Waals surface area (Å²) in [7, 11) is 0. The molecule has 2 atom stereocenters. The molecule has 0 aliphatic rings. The summed E-state index contributed by atoms with van der Waals surface area (Å²) in [5, 5.41) is 2.27. The monoisotopic (exact) mass is 312 g/mol. The van der Waals surface area contributed by atoms with Crippen LogP contribution < -0.4 is 11.1 Å². The molecule has 8 heteroatoms. The lowest BCUT2D eigenvalue weighted by molar-refractivity contribution is -0.148. The van der Waals surface area contributed by atoms with Gasteiger partial charge in [-0.2, -0.15) is 11.8 Å². The number of nitrogens with two attached hydrogens (primary N) is 1. The Morgan fingerprint density at radius 3 is 2.42 bits per heavy atom. The van der Waals surface area contributed by atoms with Crippen LogP contribution in [0.2, 0.25) is 0 Å². The Kier molecular flexibility index (Phi) is 12.0. The number of carbonyl (C=O) groups excluding carboxylic acids is 3. The second-order valence-electron chi connectivity index (χ2n) is 3.70. The number of ketones is 1. The van der Waals surface area contributed by atoms with Crippen LogP contribution in [0.25, 0.3) is 0 Å². The lowest BCUT2D eigenvalue weighted by Crippen LogP contribution is -2.48. The topological polar surface area (TPSA) is 98.5 Å². The van der Waals surface area contributed by atoms with Crippen LogP contribution in [0, 0.1) is 0 Å². The predicted molar refractivity (Wildman–Crippen MR) is 77.5 cm³/mol. The predicted octanol–water partition coefficient (Wildman–Crippen LogP) is 0.126. The fourth-order valence-electron chi connectivity index (χ4n) is 1.14. The minimum absolute atomic E-state index is 0. The van der Waals surface area contributed by atoms with E-state index in [1.165, 1.54) is 6.92 Å². The van der Waals surface area contributed by atoms with E-state index >= 15 is 0 Å². The van der Waals surface area contributed by atoms with Crippen molar-refractivity contribution in [3.63, 3.8) is 0 Å². The van der Waals surface area contributed by atoms with Crippen molar-refractivity contribution in [1.29, 1.82) is 0 Å². The molecule has 0 aromatic heterocycles. The number of hydrogen-bond acceptors (Lipinski definition) is 6. The number of carbonyl (C=O) groups is 3. The summed E-state index contributed by atoms with van der Waals surface area (Å²) in [4.78, 5) is 34.3. The number of thioether (sulfide) groups is 1. The maximum absolute atomic E-state index is 11.6. The van der Waals surface area contributed by atoms with Gasteiger partial charge in [-0.3, -0.25) is 9.59 Å². The van der Waals surface area contributed by atoms with E-state index in [4.69, 9.17) is 10.5 Å². The third-order valence-corrected chi connectivity index (χ3v) is 2.83. The number of rotatable bonds is 8. The van der Waals surface area contributed by atoms with Gasteiger partial charge in [-0.15, -0.1) is 12.4 Å². The highest BCUT2D eigenvalue weighted by molar-refractivity contribution is 7.98. The fraction of sp³-hybridized carbons (Fsp3) is 0.727. The summed E-state index contributed by atoms with van der Waals surface area (Å²) in [6.45, 7) is 3.34. The number of hydrogen-bond donors (Lipinski definition) is 2. The molecule has 19 heavy (non-hydrogen) atoms. The molecule has 0 saturated carbocycles. The molecule has 3 N–H and O–H groups in total. The number of esters is 1. The van der Waals surface area contributed by atoms with Crippen molar-refractivity contribution in [1.82, 2.24) is 5.32 Å². The van der Waals surface area contributed by atoms with Crippen molar-refractivity contribution >= 4 is 41.8 Å². The molecule has 0 aromatic carbocycles. The fourth-order valence-corrected chi connectivity index (χ4v) is 1.63. The maximum Gasteiger partial charge on any atom is 0.328 e.